The Morgan fingerprint density at radius 2 is 2.12 bits per heavy atom. The first kappa shape index (κ1) is 16.7. The number of phenolic OH excluding ortho intramolecular Hbond substituents is 1. The van der Waals surface area contributed by atoms with Crippen molar-refractivity contribution in [2.45, 2.75) is 25.8 Å². The van der Waals surface area contributed by atoms with E-state index in [9.17, 15) is 9.90 Å². The Bertz CT molecular complexity index is 739. The molecule has 0 saturated carbocycles. The van der Waals surface area contributed by atoms with Gasteiger partial charge in [0.1, 0.15) is 5.75 Å². The standard InChI is InChI=1S/C17H19BrN4O2/c1-11-8-13(15(23)14(18)9-11)16(24)21-12-4-2-7-22(10-12)17-19-5-3-6-20-17/h3,5-6,8-9,12,23H,2,4,7,10H2,1H3,(H,21,24). The number of aromatic hydroxyl groups is 1. The number of nitrogens with one attached hydrogen (secondary N) is 1. The van der Waals surface area contributed by atoms with E-state index in [0.717, 1.165) is 24.9 Å². The van der Waals surface area contributed by atoms with E-state index in [1.165, 1.54) is 0 Å². The topological polar surface area (TPSA) is 78.4 Å². The molecule has 0 bridgehead atoms. The first-order valence-corrected chi connectivity index (χ1v) is 8.66. The number of benzene rings is 1. The normalized spacial score (nSPS) is 17.6. The third-order valence-electron chi connectivity index (χ3n) is 4.04. The number of hydrogen-bond acceptors (Lipinski definition) is 5. The van der Waals surface area contributed by atoms with Crippen molar-refractivity contribution in [2.24, 2.45) is 0 Å². The van der Waals surface area contributed by atoms with Crippen LogP contribution in [0.2, 0.25) is 0 Å². The van der Waals surface area contributed by atoms with Gasteiger partial charge in [0.05, 0.1) is 10.0 Å². The van der Waals surface area contributed by atoms with Gasteiger partial charge in [-0.1, -0.05) is 0 Å². The van der Waals surface area contributed by atoms with Crippen LogP contribution >= 0.6 is 15.9 Å². The Labute approximate surface area is 149 Å². The van der Waals surface area contributed by atoms with Crippen molar-refractivity contribution in [2.75, 3.05) is 18.0 Å². The van der Waals surface area contributed by atoms with Gasteiger partial charge < -0.3 is 15.3 Å². The number of aryl methyl sites for hydroxylation is 1. The summed E-state index contributed by atoms with van der Waals surface area (Å²) < 4.78 is 0.524. The SMILES string of the molecule is Cc1cc(Br)c(O)c(C(=O)NC2CCCN(c3ncccn3)C2)c1. The monoisotopic (exact) mass is 390 g/mol. The predicted molar refractivity (Wildman–Crippen MR) is 95.3 cm³/mol. The van der Waals surface area contributed by atoms with E-state index in [1.54, 1.807) is 30.6 Å². The Kier molecular flexibility index (Phi) is 4.99. The van der Waals surface area contributed by atoms with Crippen molar-refractivity contribution in [3.05, 3.63) is 46.2 Å². The fraction of sp³-hybridized carbons (Fsp3) is 0.353. The van der Waals surface area contributed by atoms with Crippen LogP contribution in [-0.4, -0.2) is 40.1 Å². The minimum Gasteiger partial charge on any atom is -0.506 e. The Morgan fingerprint density at radius 3 is 2.88 bits per heavy atom. The van der Waals surface area contributed by atoms with E-state index >= 15 is 0 Å². The first-order valence-electron chi connectivity index (χ1n) is 7.86. The van der Waals surface area contributed by atoms with Crippen LogP contribution in [0, 0.1) is 6.92 Å². The van der Waals surface area contributed by atoms with Gasteiger partial charge in [0.15, 0.2) is 0 Å². The number of carbonyl (C=O) groups is 1. The minimum absolute atomic E-state index is 0.00579. The Morgan fingerprint density at radius 1 is 1.38 bits per heavy atom. The number of carbonyl (C=O) groups excluding carboxylic acids is 1. The molecule has 2 aromatic rings. The number of nitrogens with zero attached hydrogens (tertiary/aromatic N) is 3. The molecule has 1 fully saturated rings. The summed E-state index contributed by atoms with van der Waals surface area (Å²) in [6.45, 7) is 3.41. The van der Waals surface area contributed by atoms with E-state index in [4.69, 9.17) is 0 Å². The van der Waals surface area contributed by atoms with Gasteiger partial charge in [-0.05, 0) is 59.5 Å². The minimum atomic E-state index is -0.266. The smallest absolute Gasteiger partial charge is 0.255 e. The lowest BCUT2D eigenvalue weighted by atomic mass is 10.0. The highest BCUT2D eigenvalue weighted by Crippen LogP contribution is 2.29. The molecule has 1 amide bonds. The van der Waals surface area contributed by atoms with E-state index < -0.39 is 0 Å². The number of phenols is 1. The van der Waals surface area contributed by atoms with Gasteiger partial charge in [-0.25, -0.2) is 9.97 Å². The van der Waals surface area contributed by atoms with Crippen molar-refractivity contribution < 1.29 is 9.90 Å². The average molecular weight is 391 g/mol. The lowest BCUT2D eigenvalue weighted by Crippen LogP contribution is -2.48. The van der Waals surface area contributed by atoms with Crippen LogP contribution in [0.15, 0.2) is 35.1 Å². The average Bonchev–Trinajstić information content (AvgIpc) is 2.59. The van der Waals surface area contributed by atoms with Gasteiger partial charge in [-0.2, -0.15) is 0 Å². The van der Waals surface area contributed by atoms with Crippen LogP contribution in [0.4, 0.5) is 5.95 Å². The molecule has 1 aliphatic rings. The summed E-state index contributed by atoms with van der Waals surface area (Å²) in [7, 11) is 0. The van der Waals surface area contributed by atoms with Crippen LogP contribution in [0.1, 0.15) is 28.8 Å². The molecule has 24 heavy (non-hydrogen) atoms. The zero-order valence-corrected chi connectivity index (χ0v) is 15.0. The summed E-state index contributed by atoms with van der Waals surface area (Å²) in [6.07, 6.45) is 5.27. The molecule has 2 heterocycles. The molecule has 1 saturated heterocycles. The molecule has 7 heteroatoms. The number of piperidine rings is 1. The van der Waals surface area contributed by atoms with Crippen molar-refractivity contribution >= 4 is 27.8 Å². The Balaban J connectivity index is 1.71. The number of hydrogen-bond donors (Lipinski definition) is 2. The van der Waals surface area contributed by atoms with Crippen LogP contribution in [0.3, 0.4) is 0 Å². The van der Waals surface area contributed by atoms with Gasteiger partial charge in [0.2, 0.25) is 5.95 Å². The number of aromatic nitrogens is 2. The molecule has 0 aliphatic carbocycles. The van der Waals surface area contributed by atoms with Crippen molar-refractivity contribution in [3.63, 3.8) is 0 Å². The van der Waals surface area contributed by atoms with E-state index in [0.29, 0.717) is 17.0 Å². The maximum atomic E-state index is 12.5. The summed E-state index contributed by atoms with van der Waals surface area (Å²) in [5, 5.41) is 13.1. The molecule has 2 N–H and O–H groups in total. The molecule has 0 radical (unpaired) electrons. The maximum Gasteiger partial charge on any atom is 0.255 e. The summed E-state index contributed by atoms with van der Waals surface area (Å²) in [6, 6.07) is 5.25. The van der Waals surface area contributed by atoms with Gasteiger partial charge >= 0.3 is 0 Å². The van der Waals surface area contributed by atoms with Gasteiger partial charge in [-0.15, -0.1) is 0 Å². The summed E-state index contributed by atoms with van der Waals surface area (Å²) in [4.78, 5) is 23.1. The second-order valence-corrected chi connectivity index (χ2v) is 6.80. The molecular weight excluding hydrogens is 372 g/mol. The fourth-order valence-corrected chi connectivity index (χ4v) is 3.48. The quantitative estimate of drug-likeness (QED) is 0.841. The van der Waals surface area contributed by atoms with Crippen molar-refractivity contribution in [1.29, 1.82) is 0 Å². The molecule has 1 atom stereocenters. The fourth-order valence-electron chi connectivity index (χ4n) is 2.90. The molecule has 1 unspecified atom stereocenters. The third-order valence-corrected chi connectivity index (χ3v) is 4.65. The lowest BCUT2D eigenvalue weighted by Gasteiger charge is -2.33. The second-order valence-electron chi connectivity index (χ2n) is 5.95. The lowest BCUT2D eigenvalue weighted by molar-refractivity contribution is 0.0930. The van der Waals surface area contributed by atoms with Crippen LogP contribution in [0.5, 0.6) is 5.75 Å². The second kappa shape index (κ2) is 7.17. The van der Waals surface area contributed by atoms with Gasteiger partial charge in [0.25, 0.3) is 5.91 Å². The summed E-state index contributed by atoms with van der Waals surface area (Å²) in [5.74, 6) is 0.382. The summed E-state index contributed by atoms with van der Waals surface area (Å²) in [5.41, 5.74) is 1.20. The van der Waals surface area contributed by atoms with Crippen LogP contribution in [-0.2, 0) is 0 Å². The molecule has 3 rings (SSSR count). The maximum absolute atomic E-state index is 12.5. The summed E-state index contributed by atoms with van der Waals surface area (Å²) >= 11 is 3.28. The highest BCUT2D eigenvalue weighted by molar-refractivity contribution is 9.10. The largest absolute Gasteiger partial charge is 0.506 e. The molecule has 1 aromatic carbocycles. The van der Waals surface area contributed by atoms with Gasteiger partial charge in [-0.3, -0.25) is 4.79 Å². The molecule has 1 aliphatic heterocycles. The zero-order valence-electron chi connectivity index (χ0n) is 13.4. The van der Waals surface area contributed by atoms with Crippen LogP contribution in [0.25, 0.3) is 0 Å². The predicted octanol–water partition coefficient (Wildman–Crippen LogP) is 2.65. The molecule has 6 nitrogen and oxygen atoms in total. The van der Waals surface area contributed by atoms with E-state index in [2.05, 4.69) is 36.1 Å². The number of rotatable bonds is 3. The van der Waals surface area contributed by atoms with E-state index in [1.807, 2.05) is 6.92 Å². The Hall–Kier alpha value is -2.15. The van der Waals surface area contributed by atoms with Crippen molar-refractivity contribution in [1.82, 2.24) is 15.3 Å². The molecule has 0 spiro atoms. The van der Waals surface area contributed by atoms with Crippen LogP contribution < -0.4 is 10.2 Å². The van der Waals surface area contributed by atoms with Gasteiger partial charge in [0, 0.05) is 31.5 Å². The highest BCUT2D eigenvalue weighted by Gasteiger charge is 2.24. The highest BCUT2D eigenvalue weighted by atomic mass is 79.9. The third kappa shape index (κ3) is 3.67. The van der Waals surface area contributed by atoms with Crippen molar-refractivity contribution in [3.8, 4) is 5.75 Å². The zero-order chi connectivity index (χ0) is 17.1. The number of halogens is 1. The number of anilines is 1. The molecule has 126 valence electrons. The number of amides is 1. The molecular formula is C17H19BrN4O2. The molecule has 1 aromatic heterocycles. The van der Waals surface area contributed by atoms with E-state index in [-0.39, 0.29) is 23.3 Å². The first-order chi connectivity index (χ1) is 11.5.